The van der Waals surface area contributed by atoms with Crippen molar-refractivity contribution in [3.63, 3.8) is 0 Å². The van der Waals surface area contributed by atoms with Crippen LogP contribution in [0, 0.1) is 0 Å². The molecule has 5 heteroatoms. The van der Waals surface area contributed by atoms with Gasteiger partial charge >= 0.3 is 0 Å². The molecular formula is C33H20ClN3O. The number of halogens is 1. The lowest BCUT2D eigenvalue weighted by atomic mass is 10.0. The third-order valence-corrected chi connectivity index (χ3v) is 6.93. The molecule has 0 radical (unpaired) electrons. The number of benzene rings is 5. The monoisotopic (exact) mass is 509 g/mol. The van der Waals surface area contributed by atoms with Crippen molar-refractivity contribution in [2.45, 2.75) is 0 Å². The summed E-state index contributed by atoms with van der Waals surface area (Å²) in [5.41, 5.74) is 6.37. The van der Waals surface area contributed by atoms with E-state index in [0.717, 1.165) is 44.2 Å². The number of hydrogen-bond acceptors (Lipinski definition) is 4. The number of hydrogen-bond donors (Lipinski definition) is 0. The van der Waals surface area contributed by atoms with Crippen LogP contribution < -0.4 is 0 Å². The summed E-state index contributed by atoms with van der Waals surface area (Å²) in [4.78, 5) is 14.5. The average Bonchev–Trinajstić information content (AvgIpc) is 3.38. The van der Waals surface area contributed by atoms with Crippen molar-refractivity contribution in [2.75, 3.05) is 0 Å². The lowest BCUT2D eigenvalue weighted by Gasteiger charge is -2.09. The molecule has 38 heavy (non-hydrogen) atoms. The Morgan fingerprint density at radius 3 is 1.47 bits per heavy atom. The molecule has 0 atom stereocenters. The first kappa shape index (κ1) is 22.4. The third kappa shape index (κ3) is 3.92. The second-order valence-corrected chi connectivity index (χ2v) is 9.42. The standard InChI is InChI=1S/C33H20ClN3O/c34-28-16-8-15-27-26-14-7-13-25(29(26)38-30(27)28)21-17-19-24(20-18-21)33-36-31(22-9-3-1-4-10-22)35-32(37-33)23-11-5-2-6-12-23/h1-20H. The number of para-hydroxylation sites is 2. The van der Waals surface area contributed by atoms with Crippen molar-refractivity contribution >= 4 is 33.5 Å². The minimum absolute atomic E-state index is 0.610. The van der Waals surface area contributed by atoms with Crippen LogP contribution in [-0.2, 0) is 0 Å². The lowest BCUT2D eigenvalue weighted by molar-refractivity contribution is 0.670. The van der Waals surface area contributed by atoms with E-state index >= 15 is 0 Å². The highest BCUT2D eigenvalue weighted by Gasteiger charge is 2.15. The molecule has 0 saturated heterocycles. The van der Waals surface area contributed by atoms with Crippen molar-refractivity contribution in [3.05, 3.63) is 126 Å². The van der Waals surface area contributed by atoms with Crippen LogP contribution in [-0.4, -0.2) is 15.0 Å². The zero-order valence-corrected chi connectivity index (χ0v) is 20.9. The molecule has 0 aliphatic heterocycles. The average molecular weight is 510 g/mol. The fourth-order valence-corrected chi connectivity index (χ4v) is 4.96. The molecule has 0 N–H and O–H groups in total. The molecule has 0 aliphatic carbocycles. The van der Waals surface area contributed by atoms with Crippen LogP contribution in [0.25, 0.3) is 67.2 Å². The van der Waals surface area contributed by atoms with Gasteiger partial charge < -0.3 is 4.42 Å². The van der Waals surface area contributed by atoms with Gasteiger partial charge in [0, 0.05) is 33.0 Å². The van der Waals surface area contributed by atoms with Crippen molar-refractivity contribution in [2.24, 2.45) is 0 Å². The molecular weight excluding hydrogens is 490 g/mol. The molecule has 0 amide bonds. The highest BCUT2D eigenvalue weighted by molar-refractivity contribution is 6.36. The van der Waals surface area contributed by atoms with Gasteiger partial charge in [0.25, 0.3) is 0 Å². The molecule has 0 aliphatic rings. The van der Waals surface area contributed by atoms with E-state index < -0.39 is 0 Å². The maximum Gasteiger partial charge on any atom is 0.164 e. The minimum Gasteiger partial charge on any atom is -0.454 e. The summed E-state index contributed by atoms with van der Waals surface area (Å²) in [6.45, 7) is 0. The zero-order valence-electron chi connectivity index (χ0n) is 20.2. The van der Waals surface area contributed by atoms with Gasteiger partial charge in [-0.2, -0.15) is 0 Å². The summed E-state index contributed by atoms with van der Waals surface area (Å²) in [7, 11) is 0. The molecule has 2 aromatic heterocycles. The summed E-state index contributed by atoms with van der Waals surface area (Å²) in [6, 6.07) is 40.2. The fraction of sp³-hybridized carbons (Fsp3) is 0. The summed E-state index contributed by atoms with van der Waals surface area (Å²) < 4.78 is 6.25. The summed E-state index contributed by atoms with van der Waals surface area (Å²) in [5.74, 6) is 1.91. The van der Waals surface area contributed by atoms with E-state index in [-0.39, 0.29) is 0 Å². The normalized spacial score (nSPS) is 11.3. The van der Waals surface area contributed by atoms with Crippen molar-refractivity contribution in [1.82, 2.24) is 15.0 Å². The quantitative estimate of drug-likeness (QED) is 0.237. The molecule has 0 unspecified atom stereocenters. The van der Waals surface area contributed by atoms with Crippen molar-refractivity contribution in [1.29, 1.82) is 0 Å². The smallest absolute Gasteiger partial charge is 0.164 e. The highest BCUT2D eigenvalue weighted by atomic mass is 35.5. The highest BCUT2D eigenvalue weighted by Crippen LogP contribution is 2.38. The fourth-order valence-electron chi connectivity index (χ4n) is 4.75. The van der Waals surface area contributed by atoms with Gasteiger partial charge in [-0.1, -0.05) is 127 Å². The number of furan rings is 1. The first-order valence-corrected chi connectivity index (χ1v) is 12.7. The molecule has 4 nitrogen and oxygen atoms in total. The molecule has 180 valence electrons. The largest absolute Gasteiger partial charge is 0.454 e. The Bertz CT molecular complexity index is 1860. The van der Waals surface area contributed by atoms with E-state index in [2.05, 4.69) is 24.3 Å². The first-order valence-electron chi connectivity index (χ1n) is 12.3. The Balaban J connectivity index is 1.33. The van der Waals surface area contributed by atoms with E-state index in [0.29, 0.717) is 28.1 Å². The van der Waals surface area contributed by atoms with Crippen LogP contribution in [0.4, 0.5) is 0 Å². The maximum atomic E-state index is 6.42. The number of aromatic nitrogens is 3. The van der Waals surface area contributed by atoms with Crippen molar-refractivity contribution in [3.8, 4) is 45.3 Å². The Morgan fingerprint density at radius 1 is 0.421 bits per heavy atom. The van der Waals surface area contributed by atoms with Gasteiger partial charge in [0.15, 0.2) is 23.1 Å². The summed E-state index contributed by atoms with van der Waals surface area (Å²) >= 11 is 6.42. The second kappa shape index (κ2) is 9.25. The molecule has 0 fully saturated rings. The van der Waals surface area contributed by atoms with E-state index in [9.17, 15) is 0 Å². The third-order valence-electron chi connectivity index (χ3n) is 6.63. The van der Waals surface area contributed by atoms with E-state index in [1.807, 2.05) is 97.1 Å². The predicted molar refractivity (Wildman–Crippen MR) is 154 cm³/mol. The minimum atomic E-state index is 0.610. The number of fused-ring (bicyclic) bond motifs is 3. The van der Waals surface area contributed by atoms with Gasteiger partial charge in [0.05, 0.1) is 5.02 Å². The SMILES string of the molecule is Clc1cccc2c1oc1c(-c3ccc(-c4nc(-c5ccccc5)nc(-c5ccccc5)n4)cc3)cccc12. The first-order chi connectivity index (χ1) is 18.7. The van der Waals surface area contributed by atoms with E-state index in [4.69, 9.17) is 31.0 Å². The van der Waals surface area contributed by atoms with Gasteiger partial charge in [-0.15, -0.1) is 0 Å². The van der Waals surface area contributed by atoms with Crippen LogP contribution in [0.5, 0.6) is 0 Å². The van der Waals surface area contributed by atoms with E-state index in [1.165, 1.54) is 0 Å². The number of nitrogens with zero attached hydrogens (tertiary/aromatic N) is 3. The predicted octanol–water partition coefficient (Wildman–Crippen LogP) is 9.09. The van der Waals surface area contributed by atoms with E-state index in [1.54, 1.807) is 0 Å². The topological polar surface area (TPSA) is 51.8 Å². The Hall–Kier alpha value is -4.80. The lowest BCUT2D eigenvalue weighted by Crippen LogP contribution is -2.00. The molecule has 0 saturated carbocycles. The Labute approximate surface area is 224 Å². The number of rotatable bonds is 4. The van der Waals surface area contributed by atoms with Gasteiger partial charge in [-0.25, -0.2) is 15.0 Å². The Kier molecular flexibility index (Phi) is 5.46. The van der Waals surface area contributed by atoms with Gasteiger partial charge in [-0.05, 0) is 11.6 Å². The Morgan fingerprint density at radius 2 is 0.895 bits per heavy atom. The molecule has 5 aromatic carbocycles. The molecule has 7 aromatic rings. The summed E-state index contributed by atoms with van der Waals surface area (Å²) in [6.07, 6.45) is 0. The molecule has 7 rings (SSSR count). The molecule has 0 spiro atoms. The van der Waals surface area contributed by atoms with Gasteiger partial charge in [0.1, 0.15) is 5.58 Å². The van der Waals surface area contributed by atoms with Crippen LogP contribution in [0.15, 0.2) is 126 Å². The zero-order chi connectivity index (χ0) is 25.5. The maximum absolute atomic E-state index is 6.42. The van der Waals surface area contributed by atoms with Crippen LogP contribution in [0.1, 0.15) is 0 Å². The molecule has 2 heterocycles. The second-order valence-electron chi connectivity index (χ2n) is 9.02. The molecule has 0 bridgehead atoms. The van der Waals surface area contributed by atoms with Gasteiger partial charge in [0.2, 0.25) is 0 Å². The van der Waals surface area contributed by atoms with Crippen LogP contribution in [0.2, 0.25) is 5.02 Å². The summed E-state index contributed by atoms with van der Waals surface area (Å²) in [5, 5.41) is 2.66. The van der Waals surface area contributed by atoms with Crippen LogP contribution >= 0.6 is 11.6 Å². The van der Waals surface area contributed by atoms with Crippen molar-refractivity contribution < 1.29 is 4.42 Å². The van der Waals surface area contributed by atoms with Crippen LogP contribution in [0.3, 0.4) is 0 Å². The van der Waals surface area contributed by atoms with Gasteiger partial charge in [-0.3, -0.25) is 0 Å².